The van der Waals surface area contributed by atoms with Crippen LogP contribution >= 0.6 is 0 Å². The molecule has 0 amide bonds. The second kappa shape index (κ2) is 5.24. The first kappa shape index (κ1) is 16.2. The van der Waals surface area contributed by atoms with Crippen molar-refractivity contribution in [2.75, 3.05) is 0 Å². The third-order valence-electron chi connectivity index (χ3n) is 3.51. The molecule has 0 bridgehead atoms. The molecule has 0 fully saturated rings. The maximum absolute atomic E-state index is 2.53. The zero-order valence-corrected chi connectivity index (χ0v) is 14.2. The summed E-state index contributed by atoms with van der Waals surface area (Å²) in [5.41, 5.74) is 1.94. The van der Waals surface area contributed by atoms with E-state index >= 15 is 0 Å². The lowest BCUT2D eigenvalue weighted by molar-refractivity contribution is 0.312. The maximum Gasteiger partial charge on any atom is 0.0478 e. The first-order valence-electron chi connectivity index (χ1n) is 6.84. The highest BCUT2D eigenvalue weighted by atomic mass is 28.3. The fourth-order valence-corrected chi connectivity index (χ4v) is 6.67. The van der Waals surface area contributed by atoms with E-state index in [1.54, 1.807) is 0 Å². The van der Waals surface area contributed by atoms with Crippen molar-refractivity contribution in [3.8, 4) is 0 Å². The van der Waals surface area contributed by atoms with Crippen LogP contribution in [-0.2, 0) is 0 Å². The Balaban J connectivity index is 4.38. The summed E-state index contributed by atoms with van der Waals surface area (Å²) in [7, 11) is -1.02. The maximum atomic E-state index is 2.53. The second-order valence-electron chi connectivity index (χ2n) is 8.74. The normalized spacial score (nSPS) is 16.3. The highest BCUT2D eigenvalue weighted by Crippen LogP contribution is 2.43. The molecular formula is C15H34Si. The summed E-state index contributed by atoms with van der Waals surface area (Å²) in [6.07, 6.45) is 4.19. The average Bonchev–Trinajstić information content (AvgIpc) is 1.90. The van der Waals surface area contributed by atoms with Crippen LogP contribution in [0.15, 0.2) is 0 Å². The second-order valence-corrected chi connectivity index (χ2v) is 14.2. The molecule has 0 aliphatic heterocycles. The van der Waals surface area contributed by atoms with Gasteiger partial charge in [-0.15, -0.1) is 0 Å². The van der Waals surface area contributed by atoms with E-state index in [0.29, 0.717) is 10.8 Å². The van der Waals surface area contributed by atoms with Crippen molar-refractivity contribution in [1.82, 2.24) is 0 Å². The average molecular weight is 243 g/mol. The van der Waals surface area contributed by atoms with Gasteiger partial charge in [0, 0.05) is 8.07 Å². The van der Waals surface area contributed by atoms with E-state index in [4.69, 9.17) is 0 Å². The van der Waals surface area contributed by atoms with Crippen LogP contribution < -0.4 is 0 Å². The Morgan fingerprint density at radius 2 is 1.31 bits per heavy atom. The van der Waals surface area contributed by atoms with Gasteiger partial charge in [-0.1, -0.05) is 74.0 Å². The molecule has 0 rings (SSSR count). The highest BCUT2D eigenvalue weighted by Gasteiger charge is 2.35. The molecule has 0 saturated carbocycles. The first-order valence-corrected chi connectivity index (χ1v) is 10.4. The third-order valence-corrected chi connectivity index (χ3v) is 6.76. The lowest BCUT2D eigenvalue weighted by Crippen LogP contribution is -2.36. The summed E-state index contributed by atoms with van der Waals surface area (Å²) in [6.45, 7) is 21.9. The van der Waals surface area contributed by atoms with E-state index in [1.807, 2.05) is 0 Å². The fourth-order valence-electron chi connectivity index (χ4n) is 3.00. The SMILES string of the molecule is CC(C)(C)CCCC(C(C)(C)C)[Si](C)(C)C. The monoisotopic (exact) mass is 242 g/mol. The summed E-state index contributed by atoms with van der Waals surface area (Å²) in [5, 5.41) is 0. The molecule has 0 aromatic carbocycles. The van der Waals surface area contributed by atoms with Gasteiger partial charge in [-0.05, 0) is 22.8 Å². The van der Waals surface area contributed by atoms with Gasteiger partial charge in [-0.3, -0.25) is 0 Å². The molecule has 0 radical (unpaired) electrons. The smallest absolute Gasteiger partial charge is 0.0478 e. The van der Waals surface area contributed by atoms with Gasteiger partial charge >= 0.3 is 0 Å². The first-order chi connectivity index (χ1) is 6.84. The Hall–Kier alpha value is 0.217. The van der Waals surface area contributed by atoms with Gasteiger partial charge in [-0.2, -0.15) is 0 Å². The summed E-state index contributed by atoms with van der Waals surface area (Å²) in [6, 6.07) is 0. The largest absolute Gasteiger partial charge is 0.0693 e. The summed E-state index contributed by atoms with van der Waals surface area (Å²) >= 11 is 0. The Kier molecular flexibility index (Phi) is 5.32. The molecule has 0 saturated heterocycles. The summed E-state index contributed by atoms with van der Waals surface area (Å²) in [4.78, 5) is 0. The minimum Gasteiger partial charge on any atom is -0.0693 e. The van der Waals surface area contributed by atoms with Crippen LogP contribution in [0.5, 0.6) is 0 Å². The predicted octanol–water partition coefficient (Wildman–Crippen LogP) is 5.96. The van der Waals surface area contributed by atoms with E-state index < -0.39 is 8.07 Å². The molecule has 0 aliphatic rings. The van der Waals surface area contributed by atoms with Crippen LogP contribution in [0.4, 0.5) is 0 Å². The van der Waals surface area contributed by atoms with Crippen molar-refractivity contribution in [1.29, 1.82) is 0 Å². The Morgan fingerprint density at radius 3 is 1.56 bits per heavy atom. The predicted molar refractivity (Wildman–Crippen MR) is 79.9 cm³/mol. The minimum absolute atomic E-state index is 0.488. The van der Waals surface area contributed by atoms with E-state index in [9.17, 15) is 0 Å². The van der Waals surface area contributed by atoms with Crippen molar-refractivity contribution in [2.24, 2.45) is 10.8 Å². The summed E-state index contributed by atoms with van der Waals surface area (Å²) in [5.74, 6) is 0. The van der Waals surface area contributed by atoms with Gasteiger partial charge in [-0.25, -0.2) is 0 Å². The lowest BCUT2D eigenvalue weighted by Gasteiger charge is -2.40. The van der Waals surface area contributed by atoms with Crippen LogP contribution in [-0.4, -0.2) is 8.07 Å². The molecule has 98 valence electrons. The molecule has 0 heterocycles. The van der Waals surface area contributed by atoms with Crippen molar-refractivity contribution in [2.45, 2.75) is 86.0 Å². The molecule has 0 aliphatic carbocycles. The van der Waals surface area contributed by atoms with Gasteiger partial charge < -0.3 is 0 Å². The Morgan fingerprint density at radius 1 is 0.875 bits per heavy atom. The van der Waals surface area contributed by atoms with Gasteiger partial charge in [0.2, 0.25) is 0 Å². The minimum atomic E-state index is -1.02. The fraction of sp³-hybridized carbons (Fsp3) is 1.00. The van der Waals surface area contributed by atoms with Crippen LogP contribution in [0.1, 0.15) is 60.8 Å². The number of hydrogen-bond acceptors (Lipinski definition) is 0. The molecule has 0 N–H and O–H groups in total. The van der Waals surface area contributed by atoms with E-state index in [-0.39, 0.29) is 0 Å². The molecule has 0 nitrogen and oxygen atoms in total. The van der Waals surface area contributed by atoms with Crippen LogP contribution in [0, 0.1) is 10.8 Å². The number of hydrogen-bond donors (Lipinski definition) is 0. The molecule has 1 atom stereocenters. The van der Waals surface area contributed by atoms with Gasteiger partial charge in [0.1, 0.15) is 0 Å². The number of rotatable bonds is 4. The van der Waals surface area contributed by atoms with Gasteiger partial charge in [0.05, 0.1) is 0 Å². The van der Waals surface area contributed by atoms with Gasteiger partial charge in [0.25, 0.3) is 0 Å². The molecular weight excluding hydrogens is 208 g/mol. The third kappa shape index (κ3) is 6.73. The molecule has 0 aromatic heterocycles. The molecule has 0 aromatic rings. The van der Waals surface area contributed by atoms with Crippen LogP contribution in [0.25, 0.3) is 0 Å². The topological polar surface area (TPSA) is 0 Å². The quantitative estimate of drug-likeness (QED) is 0.534. The Labute approximate surface area is 105 Å². The van der Waals surface area contributed by atoms with Crippen LogP contribution in [0.2, 0.25) is 25.2 Å². The van der Waals surface area contributed by atoms with Gasteiger partial charge in [0.15, 0.2) is 0 Å². The lowest BCUT2D eigenvalue weighted by atomic mass is 9.85. The van der Waals surface area contributed by atoms with E-state index in [2.05, 4.69) is 61.2 Å². The molecule has 16 heavy (non-hydrogen) atoms. The summed E-state index contributed by atoms with van der Waals surface area (Å²) < 4.78 is 0. The standard InChI is InChI=1S/C15H34Si/c1-14(2,3)12-10-11-13(15(4,5)6)16(7,8)9/h13H,10-12H2,1-9H3. The van der Waals surface area contributed by atoms with Crippen molar-refractivity contribution >= 4 is 8.07 Å². The molecule has 1 heteroatoms. The zero-order valence-electron chi connectivity index (χ0n) is 13.2. The zero-order chi connectivity index (χ0) is 13.2. The Bertz CT molecular complexity index is 183. The highest BCUT2D eigenvalue weighted by molar-refractivity contribution is 6.77. The van der Waals surface area contributed by atoms with Crippen molar-refractivity contribution < 1.29 is 0 Å². The molecule has 0 spiro atoms. The van der Waals surface area contributed by atoms with Crippen molar-refractivity contribution in [3.63, 3.8) is 0 Å². The van der Waals surface area contributed by atoms with Crippen LogP contribution in [0.3, 0.4) is 0 Å². The van der Waals surface area contributed by atoms with E-state index in [0.717, 1.165) is 5.54 Å². The molecule has 1 unspecified atom stereocenters. The van der Waals surface area contributed by atoms with E-state index in [1.165, 1.54) is 19.3 Å². The van der Waals surface area contributed by atoms with Crippen molar-refractivity contribution in [3.05, 3.63) is 0 Å².